The highest BCUT2D eigenvalue weighted by Crippen LogP contribution is 2.13. The van der Waals surface area contributed by atoms with E-state index in [0.717, 1.165) is 0 Å². The van der Waals surface area contributed by atoms with Crippen LogP contribution < -0.4 is 11.1 Å². The maximum absolute atomic E-state index is 11.4. The van der Waals surface area contributed by atoms with E-state index in [1.165, 1.54) is 7.11 Å². The molecule has 2 atom stereocenters. The molecule has 6 nitrogen and oxygen atoms in total. The number of amides is 2. The van der Waals surface area contributed by atoms with Gasteiger partial charge in [0.15, 0.2) is 6.04 Å². The fraction of sp³-hybridized carbons (Fsp3) is 0.800. The van der Waals surface area contributed by atoms with E-state index < -0.39 is 29.7 Å². The number of ether oxygens (including phenoxy) is 2. The summed E-state index contributed by atoms with van der Waals surface area (Å²) in [6.07, 6.45) is -0.528. The normalized spacial score (nSPS) is 15.1. The van der Waals surface area contributed by atoms with Crippen LogP contribution in [0.15, 0.2) is 0 Å². The summed E-state index contributed by atoms with van der Waals surface area (Å²) < 4.78 is 10.1. The summed E-state index contributed by atoms with van der Waals surface area (Å²) >= 11 is 0. The predicted molar refractivity (Wildman–Crippen MR) is 58.8 cm³/mol. The van der Waals surface area contributed by atoms with Gasteiger partial charge in [0.25, 0.3) is 0 Å². The first kappa shape index (κ1) is 14.7. The lowest BCUT2D eigenvalue weighted by Gasteiger charge is -2.29. The molecule has 0 rings (SSSR count). The van der Waals surface area contributed by atoms with Gasteiger partial charge in [-0.15, -0.1) is 0 Å². The van der Waals surface area contributed by atoms with Crippen LogP contribution in [-0.4, -0.2) is 36.9 Å². The van der Waals surface area contributed by atoms with Gasteiger partial charge in [0.2, 0.25) is 0 Å². The lowest BCUT2D eigenvalue weighted by atomic mass is 10.1. The van der Waals surface area contributed by atoms with Crippen molar-refractivity contribution >= 4 is 12.0 Å². The molecule has 0 aromatic rings. The predicted octanol–water partition coefficient (Wildman–Crippen LogP) is 0.400. The first-order valence-electron chi connectivity index (χ1n) is 4.99. The number of carbonyl (C=O) groups excluding carboxylic acids is 2. The van der Waals surface area contributed by atoms with E-state index in [4.69, 9.17) is 10.5 Å². The Morgan fingerprint density at radius 3 is 2.12 bits per heavy atom. The number of esters is 1. The van der Waals surface area contributed by atoms with Gasteiger partial charge in [-0.2, -0.15) is 0 Å². The summed E-state index contributed by atoms with van der Waals surface area (Å²) in [6.45, 7) is 7.22. The second-order valence-corrected chi connectivity index (χ2v) is 4.44. The molecule has 94 valence electrons. The van der Waals surface area contributed by atoms with Crippen molar-refractivity contribution in [3.8, 4) is 0 Å². The maximum atomic E-state index is 11.4. The minimum atomic E-state index is -0.901. The SMILES string of the molecule is COC(=O)[C@@H](NC(N)=O)C(C)OC(C)(C)C. The van der Waals surface area contributed by atoms with E-state index in [-0.39, 0.29) is 0 Å². The van der Waals surface area contributed by atoms with Crippen molar-refractivity contribution in [1.82, 2.24) is 5.32 Å². The highest BCUT2D eigenvalue weighted by atomic mass is 16.5. The second-order valence-electron chi connectivity index (χ2n) is 4.44. The third-order valence-electron chi connectivity index (χ3n) is 1.76. The van der Waals surface area contributed by atoms with Gasteiger partial charge >= 0.3 is 12.0 Å². The number of urea groups is 1. The quantitative estimate of drug-likeness (QED) is 0.686. The van der Waals surface area contributed by atoms with E-state index >= 15 is 0 Å². The standard InChI is InChI=1S/C10H20N2O4/c1-6(16-10(2,3)4)7(8(13)15-5)12-9(11)14/h6-7H,1-5H3,(H3,11,12,14)/t6?,7-/m0/s1. The summed E-state index contributed by atoms with van der Waals surface area (Å²) in [6, 6.07) is -1.69. The summed E-state index contributed by atoms with van der Waals surface area (Å²) in [5, 5.41) is 2.29. The van der Waals surface area contributed by atoms with Crippen LogP contribution in [0.2, 0.25) is 0 Å². The monoisotopic (exact) mass is 232 g/mol. The van der Waals surface area contributed by atoms with Crippen molar-refractivity contribution in [1.29, 1.82) is 0 Å². The zero-order valence-electron chi connectivity index (χ0n) is 10.4. The van der Waals surface area contributed by atoms with Crippen molar-refractivity contribution in [2.75, 3.05) is 7.11 Å². The van der Waals surface area contributed by atoms with Crippen LogP contribution >= 0.6 is 0 Å². The summed E-state index contributed by atoms with van der Waals surface area (Å²) in [7, 11) is 1.24. The molecule has 0 saturated heterocycles. The van der Waals surface area contributed by atoms with Crippen LogP contribution in [0.5, 0.6) is 0 Å². The maximum Gasteiger partial charge on any atom is 0.331 e. The Hall–Kier alpha value is -1.30. The van der Waals surface area contributed by atoms with E-state index in [2.05, 4.69) is 10.1 Å². The minimum absolute atomic E-state index is 0.426. The first-order valence-corrected chi connectivity index (χ1v) is 4.99. The number of methoxy groups -OCH3 is 1. The average Bonchev–Trinajstić information content (AvgIpc) is 2.09. The van der Waals surface area contributed by atoms with Gasteiger partial charge < -0.3 is 20.5 Å². The van der Waals surface area contributed by atoms with Gasteiger partial charge in [0.1, 0.15) is 0 Å². The van der Waals surface area contributed by atoms with Crippen LogP contribution in [0.3, 0.4) is 0 Å². The van der Waals surface area contributed by atoms with Crippen molar-refractivity contribution < 1.29 is 19.1 Å². The lowest BCUT2D eigenvalue weighted by molar-refractivity contribution is -0.150. The summed E-state index contributed by atoms with van der Waals surface area (Å²) in [5.41, 5.74) is 4.55. The van der Waals surface area contributed by atoms with E-state index in [1.807, 2.05) is 20.8 Å². The Bertz CT molecular complexity index is 260. The van der Waals surface area contributed by atoms with Crippen LogP contribution in [0, 0.1) is 0 Å². The van der Waals surface area contributed by atoms with E-state index in [9.17, 15) is 9.59 Å². The molecule has 0 aromatic carbocycles. The highest BCUT2D eigenvalue weighted by molar-refractivity contribution is 5.83. The fourth-order valence-electron chi connectivity index (χ4n) is 1.27. The molecule has 0 aliphatic carbocycles. The minimum Gasteiger partial charge on any atom is -0.467 e. The number of hydrogen-bond donors (Lipinski definition) is 2. The number of nitrogens with two attached hydrogens (primary N) is 1. The summed E-state index contributed by atoms with van der Waals surface area (Å²) in [4.78, 5) is 22.2. The van der Waals surface area contributed by atoms with Crippen LogP contribution in [0.1, 0.15) is 27.7 Å². The largest absolute Gasteiger partial charge is 0.467 e. The molecular formula is C10H20N2O4. The third kappa shape index (κ3) is 5.55. The topological polar surface area (TPSA) is 90.6 Å². The van der Waals surface area contributed by atoms with Crippen LogP contribution in [0.4, 0.5) is 4.79 Å². The van der Waals surface area contributed by atoms with Crippen molar-refractivity contribution in [2.24, 2.45) is 5.73 Å². The molecule has 16 heavy (non-hydrogen) atoms. The van der Waals surface area contributed by atoms with Gasteiger partial charge in [-0.05, 0) is 27.7 Å². The molecule has 0 bridgehead atoms. The molecule has 0 radical (unpaired) electrons. The van der Waals surface area contributed by atoms with Gasteiger partial charge in [0.05, 0.1) is 18.8 Å². The molecule has 0 aliphatic rings. The molecule has 2 amide bonds. The van der Waals surface area contributed by atoms with E-state index in [1.54, 1.807) is 6.92 Å². The molecule has 0 spiro atoms. The highest BCUT2D eigenvalue weighted by Gasteiger charge is 2.30. The lowest BCUT2D eigenvalue weighted by Crippen LogP contribution is -2.52. The average molecular weight is 232 g/mol. The molecule has 0 fully saturated rings. The zero-order chi connectivity index (χ0) is 12.9. The van der Waals surface area contributed by atoms with Gasteiger partial charge in [-0.1, -0.05) is 0 Å². The van der Waals surface area contributed by atoms with Crippen molar-refractivity contribution in [3.63, 3.8) is 0 Å². The Balaban J connectivity index is 4.62. The van der Waals surface area contributed by atoms with Gasteiger partial charge in [0, 0.05) is 0 Å². The third-order valence-corrected chi connectivity index (χ3v) is 1.76. The number of primary amides is 1. The molecule has 0 heterocycles. The zero-order valence-corrected chi connectivity index (χ0v) is 10.4. The Labute approximate surface area is 95.5 Å². The van der Waals surface area contributed by atoms with Gasteiger partial charge in [-0.25, -0.2) is 9.59 Å². The molecule has 0 aromatic heterocycles. The Morgan fingerprint density at radius 2 is 1.81 bits per heavy atom. The van der Waals surface area contributed by atoms with Crippen molar-refractivity contribution in [3.05, 3.63) is 0 Å². The molecule has 6 heteroatoms. The summed E-state index contributed by atoms with van der Waals surface area (Å²) in [5.74, 6) is -0.587. The molecule has 3 N–H and O–H groups in total. The number of hydrogen-bond acceptors (Lipinski definition) is 4. The first-order chi connectivity index (χ1) is 7.17. The second kappa shape index (κ2) is 5.69. The van der Waals surface area contributed by atoms with E-state index in [0.29, 0.717) is 0 Å². The fourth-order valence-corrected chi connectivity index (χ4v) is 1.27. The van der Waals surface area contributed by atoms with Gasteiger partial charge in [-0.3, -0.25) is 0 Å². The van der Waals surface area contributed by atoms with Crippen molar-refractivity contribution in [2.45, 2.75) is 45.4 Å². The van der Waals surface area contributed by atoms with Crippen LogP contribution in [-0.2, 0) is 14.3 Å². The Morgan fingerprint density at radius 1 is 1.31 bits per heavy atom. The molecule has 0 aliphatic heterocycles. The number of carbonyl (C=O) groups is 2. The molecular weight excluding hydrogens is 212 g/mol. The van der Waals surface area contributed by atoms with Crippen LogP contribution in [0.25, 0.3) is 0 Å². The number of nitrogens with one attached hydrogen (secondary N) is 1. The Kier molecular flexibility index (Phi) is 5.23. The molecule has 0 saturated carbocycles. The number of rotatable bonds is 4. The molecule has 1 unspecified atom stereocenters. The smallest absolute Gasteiger partial charge is 0.331 e.